The van der Waals surface area contributed by atoms with Gasteiger partial charge in [-0.15, -0.1) is 0 Å². The van der Waals surface area contributed by atoms with E-state index in [1.807, 2.05) is 12.3 Å². The number of halogens is 2. The van der Waals surface area contributed by atoms with Crippen LogP contribution in [0.25, 0.3) is 0 Å². The topological polar surface area (TPSA) is 56.2 Å². The summed E-state index contributed by atoms with van der Waals surface area (Å²) in [6.07, 6.45) is 4.19. The summed E-state index contributed by atoms with van der Waals surface area (Å²) in [5, 5.41) is 6.71. The molecule has 1 N–H and O–H groups in total. The minimum Gasteiger partial charge on any atom is -0.434 e. The number of nitrogens with zero attached hydrogens (tertiary/aromatic N) is 2. The Kier molecular flexibility index (Phi) is 5.25. The Morgan fingerprint density at radius 3 is 2.86 bits per heavy atom. The van der Waals surface area contributed by atoms with Gasteiger partial charge in [0.2, 0.25) is 0 Å². The zero-order chi connectivity index (χ0) is 15.1. The third-order valence-corrected chi connectivity index (χ3v) is 2.76. The maximum absolute atomic E-state index is 12.3. The van der Waals surface area contributed by atoms with Gasteiger partial charge in [-0.2, -0.15) is 13.9 Å². The number of carbonyl (C=O) groups excluding carboxylic acids is 1. The van der Waals surface area contributed by atoms with Crippen LogP contribution in [0.2, 0.25) is 0 Å². The molecule has 0 radical (unpaired) electrons. The van der Waals surface area contributed by atoms with Gasteiger partial charge in [-0.25, -0.2) is 0 Å². The van der Waals surface area contributed by atoms with E-state index >= 15 is 0 Å². The summed E-state index contributed by atoms with van der Waals surface area (Å²) in [5.41, 5.74) is 0.0943. The molecule has 7 heteroatoms. The summed E-state index contributed by atoms with van der Waals surface area (Å²) < 4.78 is 30.6. The molecule has 0 aliphatic rings. The van der Waals surface area contributed by atoms with Crippen LogP contribution in [-0.4, -0.2) is 28.8 Å². The predicted molar refractivity (Wildman–Crippen MR) is 72.3 cm³/mol. The molecule has 1 aromatic heterocycles. The lowest BCUT2D eigenvalue weighted by molar-refractivity contribution is -0.0501. The molecule has 1 amide bonds. The molecule has 112 valence electrons. The van der Waals surface area contributed by atoms with E-state index in [0.717, 1.165) is 0 Å². The number of amides is 1. The van der Waals surface area contributed by atoms with Crippen molar-refractivity contribution >= 4 is 5.91 Å². The Balaban J connectivity index is 1.85. The molecule has 5 nitrogen and oxygen atoms in total. The fourth-order valence-electron chi connectivity index (χ4n) is 1.82. The summed E-state index contributed by atoms with van der Waals surface area (Å²) in [6.45, 7) is -1.87. The Morgan fingerprint density at radius 1 is 1.33 bits per heavy atom. The number of carbonyl (C=O) groups is 1. The van der Waals surface area contributed by atoms with Crippen molar-refractivity contribution in [3.05, 3.63) is 48.3 Å². The molecule has 2 aromatic rings. The Bertz CT molecular complexity index is 573. The van der Waals surface area contributed by atoms with E-state index in [1.54, 1.807) is 16.9 Å². The Morgan fingerprint density at radius 2 is 2.14 bits per heavy atom. The first-order chi connectivity index (χ1) is 10.2. The standard InChI is InChI=1S/C14H15F2N3O2/c15-14(16)21-12-6-2-1-5-11(12)13(20)17-7-3-9-19-10-4-8-18-19/h1-2,4-6,8,10,14H,3,7,9H2,(H,17,20). The van der Waals surface area contributed by atoms with E-state index in [1.165, 1.54) is 18.2 Å². The first kappa shape index (κ1) is 15.0. The van der Waals surface area contributed by atoms with Gasteiger partial charge in [0.25, 0.3) is 5.91 Å². The van der Waals surface area contributed by atoms with Gasteiger partial charge in [-0.3, -0.25) is 9.48 Å². The summed E-state index contributed by atoms with van der Waals surface area (Å²) in [5.74, 6) is -0.566. The second kappa shape index (κ2) is 7.37. The van der Waals surface area contributed by atoms with Crippen molar-refractivity contribution in [2.45, 2.75) is 19.6 Å². The lowest BCUT2D eigenvalue weighted by Crippen LogP contribution is -2.26. The van der Waals surface area contributed by atoms with Crippen LogP contribution in [0.5, 0.6) is 5.75 Å². The smallest absolute Gasteiger partial charge is 0.387 e. The average molecular weight is 295 g/mol. The number of rotatable bonds is 7. The fraction of sp³-hybridized carbons (Fsp3) is 0.286. The molecule has 1 aromatic carbocycles. The van der Waals surface area contributed by atoms with E-state index in [-0.39, 0.29) is 11.3 Å². The molecule has 0 bridgehead atoms. The maximum atomic E-state index is 12.3. The lowest BCUT2D eigenvalue weighted by Gasteiger charge is -2.10. The van der Waals surface area contributed by atoms with Gasteiger partial charge in [-0.1, -0.05) is 12.1 Å². The zero-order valence-electron chi connectivity index (χ0n) is 11.2. The van der Waals surface area contributed by atoms with Crippen molar-refractivity contribution in [3.63, 3.8) is 0 Å². The summed E-state index contributed by atoms with van der Waals surface area (Å²) in [6, 6.07) is 7.73. The molecule has 0 unspecified atom stereocenters. The molecule has 2 rings (SSSR count). The van der Waals surface area contributed by atoms with E-state index in [0.29, 0.717) is 19.5 Å². The number of hydrogen-bond donors (Lipinski definition) is 1. The summed E-state index contributed by atoms with van der Waals surface area (Å²) in [4.78, 5) is 11.9. The third kappa shape index (κ3) is 4.55. The summed E-state index contributed by atoms with van der Waals surface area (Å²) in [7, 11) is 0. The van der Waals surface area contributed by atoms with Crippen LogP contribution in [-0.2, 0) is 6.54 Å². The Hall–Kier alpha value is -2.44. The van der Waals surface area contributed by atoms with Crippen LogP contribution in [0.1, 0.15) is 16.8 Å². The fourth-order valence-corrected chi connectivity index (χ4v) is 1.82. The van der Waals surface area contributed by atoms with Crippen molar-refractivity contribution in [1.82, 2.24) is 15.1 Å². The zero-order valence-corrected chi connectivity index (χ0v) is 11.2. The van der Waals surface area contributed by atoms with Crippen LogP contribution in [0, 0.1) is 0 Å². The highest BCUT2D eigenvalue weighted by Gasteiger charge is 2.14. The van der Waals surface area contributed by atoms with Crippen molar-refractivity contribution in [1.29, 1.82) is 0 Å². The number of para-hydroxylation sites is 1. The van der Waals surface area contributed by atoms with Crippen LogP contribution in [0.4, 0.5) is 8.78 Å². The molecule has 0 aliphatic heterocycles. The molecule has 0 fully saturated rings. The molecule has 0 saturated carbocycles. The van der Waals surface area contributed by atoms with E-state index < -0.39 is 12.5 Å². The third-order valence-electron chi connectivity index (χ3n) is 2.76. The van der Waals surface area contributed by atoms with E-state index in [4.69, 9.17) is 0 Å². The molecule has 0 aliphatic carbocycles. The van der Waals surface area contributed by atoms with Crippen LogP contribution in [0.15, 0.2) is 42.7 Å². The van der Waals surface area contributed by atoms with Crippen LogP contribution in [0.3, 0.4) is 0 Å². The Labute approximate surface area is 120 Å². The number of benzene rings is 1. The summed E-state index contributed by atoms with van der Waals surface area (Å²) >= 11 is 0. The average Bonchev–Trinajstić information content (AvgIpc) is 2.96. The van der Waals surface area contributed by atoms with Crippen LogP contribution < -0.4 is 10.1 Å². The number of ether oxygens (including phenoxy) is 1. The number of aryl methyl sites for hydroxylation is 1. The molecule has 0 saturated heterocycles. The van der Waals surface area contributed by atoms with Crippen molar-refractivity contribution in [2.24, 2.45) is 0 Å². The second-order valence-electron chi connectivity index (χ2n) is 4.25. The minimum absolute atomic E-state index is 0.0943. The second-order valence-corrected chi connectivity index (χ2v) is 4.25. The van der Waals surface area contributed by atoms with Crippen LogP contribution >= 0.6 is 0 Å². The highest BCUT2D eigenvalue weighted by molar-refractivity contribution is 5.96. The van der Waals surface area contributed by atoms with Gasteiger partial charge in [0.1, 0.15) is 5.75 Å². The number of aromatic nitrogens is 2. The SMILES string of the molecule is O=C(NCCCn1cccn1)c1ccccc1OC(F)F. The molecule has 21 heavy (non-hydrogen) atoms. The number of nitrogens with one attached hydrogen (secondary N) is 1. The maximum Gasteiger partial charge on any atom is 0.387 e. The molecule has 1 heterocycles. The normalized spacial score (nSPS) is 10.6. The largest absolute Gasteiger partial charge is 0.434 e. The van der Waals surface area contributed by atoms with Crippen molar-refractivity contribution in [3.8, 4) is 5.75 Å². The lowest BCUT2D eigenvalue weighted by atomic mass is 10.2. The molecular formula is C14H15F2N3O2. The van der Waals surface area contributed by atoms with Gasteiger partial charge in [-0.05, 0) is 24.6 Å². The molecule has 0 spiro atoms. The van der Waals surface area contributed by atoms with E-state index in [9.17, 15) is 13.6 Å². The molecule has 0 atom stereocenters. The van der Waals surface area contributed by atoms with Crippen molar-refractivity contribution in [2.75, 3.05) is 6.54 Å². The van der Waals surface area contributed by atoms with Crippen molar-refractivity contribution < 1.29 is 18.3 Å². The van der Waals surface area contributed by atoms with Gasteiger partial charge in [0.15, 0.2) is 0 Å². The first-order valence-electron chi connectivity index (χ1n) is 6.46. The van der Waals surface area contributed by atoms with Gasteiger partial charge in [0.05, 0.1) is 5.56 Å². The minimum atomic E-state index is -2.96. The highest BCUT2D eigenvalue weighted by Crippen LogP contribution is 2.19. The van der Waals surface area contributed by atoms with Gasteiger partial charge >= 0.3 is 6.61 Å². The molecular weight excluding hydrogens is 280 g/mol. The van der Waals surface area contributed by atoms with Gasteiger partial charge < -0.3 is 10.1 Å². The monoisotopic (exact) mass is 295 g/mol. The quantitative estimate of drug-likeness (QED) is 0.797. The predicted octanol–water partition coefficient (Wildman–Crippen LogP) is 2.30. The first-order valence-corrected chi connectivity index (χ1v) is 6.46. The van der Waals surface area contributed by atoms with E-state index in [2.05, 4.69) is 15.2 Å². The number of alkyl halides is 2. The number of hydrogen-bond acceptors (Lipinski definition) is 3. The highest BCUT2D eigenvalue weighted by atomic mass is 19.3. The van der Waals surface area contributed by atoms with Gasteiger partial charge in [0, 0.05) is 25.5 Å².